The Morgan fingerprint density at radius 2 is 0.958 bits per heavy atom. The van der Waals surface area contributed by atoms with Gasteiger partial charge in [0.25, 0.3) is 0 Å². The molecule has 0 unspecified atom stereocenters. The molecule has 0 spiro atoms. The summed E-state index contributed by atoms with van der Waals surface area (Å²) in [5, 5.41) is 0. The summed E-state index contributed by atoms with van der Waals surface area (Å²) in [6, 6.07) is 0. The number of esters is 2. The number of rotatable bonds is 8. The van der Waals surface area contributed by atoms with Gasteiger partial charge in [0.1, 0.15) is 0 Å². The fourth-order valence-corrected chi connectivity index (χ4v) is 2.33. The highest BCUT2D eigenvalue weighted by Gasteiger charge is 2.37. The van der Waals surface area contributed by atoms with Crippen LogP contribution >= 0.6 is 0 Å². The average Bonchev–Trinajstić information content (AvgIpc) is 2.42. The molecule has 0 amide bonds. The first-order valence-corrected chi connectivity index (χ1v) is 9.06. The van der Waals surface area contributed by atoms with Gasteiger partial charge in [-0.15, -0.1) is 0 Å². The zero-order valence-corrected chi connectivity index (χ0v) is 16.9. The van der Waals surface area contributed by atoms with E-state index in [1.807, 2.05) is 55.4 Å². The van der Waals surface area contributed by atoms with Crippen LogP contribution in [0.25, 0.3) is 0 Å². The SMILES string of the molecule is CCCCOC(=O)/C(=C(\C(=O)OCCCC)C(C)(C)C)C(C)(C)C. The average molecular weight is 341 g/mol. The second kappa shape index (κ2) is 9.85. The summed E-state index contributed by atoms with van der Waals surface area (Å²) in [4.78, 5) is 25.4. The monoisotopic (exact) mass is 340 g/mol. The van der Waals surface area contributed by atoms with Crippen molar-refractivity contribution in [1.29, 1.82) is 0 Å². The van der Waals surface area contributed by atoms with Crippen LogP contribution in [-0.4, -0.2) is 25.2 Å². The Balaban J connectivity index is 5.82. The van der Waals surface area contributed by atoms with Crippen LogP contribution in [0.15, 0.2) is 11.1 Å². The lowest BCUT2D eigenvalue weighted by Gasteiger charge is -2.30. The van der Waals surface area contributed by atoms with Crippen molar-refractivity contribution in [2.24, 2.45) is 10.8 Å². The van der Waals surface area contributed by atoms with Crippen LogP contribution in [0.2, 0.25) is 0 Å². The van der Waals surface area contributed by atoms with Gasteiger partial charge in [-0.25, -0.2) is 9.59 Å². The molecule has 0 radical (unpaired) electrons. The Bertz CT molecular complexity index is 405. The lowest BCUT2D eigenvalue weighted by molar-refractivity contribution is -0.144. The van der Waals surface area contributed by atoms with Gasteiger partial charge in [0.2, 0.25) is 0 Å². The molecule has 24 heavy (non-hydrogen) atoms. The van der Waals surface area contributed by atoms with E-state index in [1.165, 1.54) is 0 Å². The van der Waals surface area contributed by atoms with Crippen LogP contribution in [0.3, 0.4) is 0 Å². The summed E-state index contributed by atoms with van der Waals surface area (Å²) in [7, 11) is 0. The first-order valence-electron chi connectivity index (χ1n) is 9.06. The van der Waals surface area contributed by atoms with Crippen LogP contribution in [0.1, 0.15) is 81.1 Å². The van der Waals surface area contributed by atoms with E-state index in [0.29, 0.717) is 24.4 Å². The van der Waals surface area contributed by atoms with Gasteiger partial charge in [0.05, 0.1) is 24.4 Å². The van der Waals surface area contributed by atoms with Crippen molar-refractivity contribution in [1.82, 2.24) is 0 Å². The number of hydrogen-bond donors (Lipinski definition) is 0. The Morgan fingerprint density at radius 3 is 1.17 bits per heavy atom. The van der Waals surface area contributed by atoms with E-state index in [-0.39, 0.29) is 0 Å². The second-order valence-corrected chi connectivity index (χ2v) is 8.23. The largest absolute Gasteiger partial charge is 0.462 e. The number of ether oxygens (including phenoxy) is 2. The minimum absolute atomic E-state index is 0.372. The van der Waals surface area contributed by atoms with Crippen LogP contribution in [0, 0.1) is 10.8 Å². The van der Waals surface area contributed by atoms with Gasteiger partial charge < -0.3 is 9.47 Å². The molecule has 0 aliphatic heterocycles. The van der Waals surface area contributed by atoms with E-state index in [9.17, 15) is 9.59 Å². The van der Waals surface area contributed by atoms with Crippen molar-refractivity contribution < 1.29 is 19.1 Å². The normalized spacial score (nSPS) is 13.3. The number of unbranched alkanes of at least 4 members (excludes halogenated alkanes) is 2. The predicted molar refractivity (Wildman–Crippen MR) is 97.7 cm³/mol. The summed E-state index contributed by atoms with van der Waals surface area (Å²) in [6.07, 6.45) is 3.53. The van der Waals surface area contributed by atoms with Gasteiger partial charge in [0.15, 0.2) is 0 Å². The predicted octanol–water partition coefficient (Wildman–Crippen LogP) is 5.06. The van der Waals surface area contributed by atoms with Gasteiger partial charge >= 0.3 is 11.9 Å². The van der Waals surface area contributed by atoms with Crippen molar-refractivity contribution in [3.05, 3.63) is 11.1 Å². The van der Waals surface area contributed by atoms with Crippen LogP contribution in [0.5, 0.6) is 0 Å². The van der Waals surface area contributed by atoms with E-state index in [0.717, 1.165) is 25.7 Å². The van der Waals surface area contributed by atoms with E-state index in [2.05, 4.69) is 0 Å². The van der Waals surface area contributed by atoms with Gasteiger partial charge in [-0.2, -0.15) is 0 Å². The topological polar surface area (TPSA) is 52.6 Å². The highest BCUT2D eigenvalue weighted by Crippen LogP contribution is 2.38. The van der Waals surface area contributed by atoms with Crippen molar-refractivity contribution >= 4 is 11.9 Å². The molecule has 0 aromatic rings. The summed E-state index contributed by atoms with van der Waals surface area (Å²) in [6.45, 7) is 16.4. The molecule has 0 aromatic heterocycles. The van der Waals surface area contributed by atoms with E-state index < -0.39 is 22.8 Å². The summed E-state index contributed by atoms with van der Waals surface area (Å²) in [5.74, 6) is -0.818. The lowest BCUT2D eigenvalue weighted by Crippen LogP contribution is -2.31. The maximum absolute atomic E-state index is 12.7. The smallest absolute Gasteiger partial charge is 0.335 e. The van der Waals surface area contributed by atoms with Crippen LogP contribution in [0.4, 0.5) is 0 Å². The fourth-order valence-electron chi connectivity index (χ4n) is 2.33. The molecule has 0 saturated carbocycles. The fraction of sp³-hybridized carbons (Fsp3) is 0.800. The molecule has 0 rings (SSSR count). The zero-order chi connectivity index (χ0) is 19.0. The molecule has 0 aliphatic carbocycles. The van der Waals surface area contributed by atoms with Gasteiger partial charge in [-0.05, 0) is 23.7 Å². The minimum atomic E-state index is -0.504. The third kappa shape index (κ3) is 7.50. The maximum atomic E-state index is 12.7. The van der Waals surface area contributed by atoms with Crippen LogP contribution < -0.4 is 0 Å². The van der Waals surface area contributed by atoms with Crippen molar-refractivity contribution in [3.8, 4) is 0 Å². The summed E-state index contributed by atoms with van der Waals surface area (Å²) >= 11 is 0. The van der Waals surface area contributed by atoms with Crippen molar-refractivity contribution in [2.75, 3.05) is 13.2 Å². The highest BCUT2D eigenvalue weighted by atomic mass is 16.5. The number of hydrogen-bond acceptors (Lipinski definition) is 4. The molecule has 0 bridgehead atoms. The molecular formula is C20H36O4. The maximum Gasteiger partial charge on any atom is 0.335 e. The first-order chi connectivity index (χ1) is 11.0. The Labute approximate surface area is 148 Å². The minimum Gasteiger partial charge on any atom is -0.462 e. The molecule has 0 atom stereocenters. The quantitative estimate of drug-likeness (QED) is 0.352. The van der Waals surface area contributed by atoms with Crippen molar-refractivity contribution in [3.63, 3.8) is 0 Å². The summed E-state index contributed by atoms with van der Waals surface area (Å²) in [5.41, 5.74) is -0.161. The molecule has 0 heterocycles. The van der Waals surface area contributed by atoms with Gasteiger partial charge in [-0.1, -0.05) is 68.2 Å². The molecule has 0 aromatic carbocycles. The molecule has 0 saturated heterocycles. The molecule has 140 valence electrons. The van der Waals surface area contributed by atoms with Gasteiger partial charge in [0, 0.05) is 0 Å². The Kier molecular flexibility index (Phi) is 9.31. The Hall–Kier alpha value is -1.32. The molecule has 0 aliphatic rings. The zero-order valence-electron chi connectivity index (χ0n) is 16.9. The highest BCUT2D eigenvalue weighted by molar-refractivity contribution is 6.02. The van der Waals surface area contributed by atoms with Crippen molar-refractivity contribution in [2.45, 2.75) is 81.1 Å². The van der Waals surface area contributed by atoms with E-state index in [1.54, 1.807) is 0 Å². The number of carbonyl (C=O) groups excluding carboxylic acids is 2. The van der Waals surface area contributed by atoms with Crippen LogP contribution in [-0.2, 0) is 19.1 Å². The first kappa shape index (κ1) is 22.7. The summed E-state index contributed by atoms with van der Waals surface area (Å²) < 4.78 is 10.8. The lowest BCUT2D eigenvalue weighted by atomic mass is 9.75. The molecule has 4 nitrogen and oxygen atoms in total. The Morgan fingerprint density at radius 1 is 0.667 bits per heavy atom. The third-order valence-corrected chi connectivity index (χ3v) is 3.62. The third-order valence-electron chi connectivity index (χ3n) is 3.62. The molecule has 4 heteroatoms. The van der Waals surface area contributed by atoms with E-state index in [4.69, 9.17) is 9.47 Å². The number of carbonyl (C=O) groups is 2. The second-order valence-electron chi connectivity index (χ2n) is 8.23. The molecule has 0 fully saturated rings. The molecule has 0 N–H and O–H groups in total. The van der Waals surface area contributed by atoms with E-state index >= 15 is 0 Å². The standard InChI is InChI=1S/C20H36O4/c1-9-11-13-23-17(21)15(19(3,4)5)16(20(6,7)8)18(22)24-14-12-10-2/h9-14H2,1-8H3/b16-15-. The molecular weight excluding hydrogens is 304 g/mol. The van der Waals surface area contributed by atoms with Gasteiger partial charge in [-0.3, -0.25) is 0 Å².